The molecule has 2 heteroatoms. The first-order valence-corrected chi connectivity index (χ1v) is 20.5. The van der Waals surface area contributed by atoms with Crippen molar-refractivity contribution in [3.63, 3.8) is 0 Å². The van der Waals surface area contributed by atoms with Crippen molar-refractivity contribution in [2.24, 2.45) is 0 Å². The molecule has 0 bridgehead atoms. The van der Waals surface area contributed by atoms with E-state index in [-0.39, 0.29) is 6.67 Å². The van der Waals surface area contributed by atoms with Gasteiger partial charge < -0.3 is 4.74 Å². The van der Waals surface area contributed by atoms with Crippen LogP contribution < -0.4 is 0 Å². The van der Waals surface area contributed by atoms with Crippen LogP contribution in [0.1, 0.15) is 245 Å². The van der Waals surface area contributed by atoms with Gasteiger partial charge in [0.2, 0.25) is 0 Å². The molecular weight excluding hydrogens is 527 g/mol. The summed E-state index contributed by atoms with van der Waals surface area (Å²) in [5.41, 5.74) is 0. The van der Waals surface area contributed by atoms with Gasteiger partial charge in [-0.05, 0) is 25.7 Å². The quantitative estimate of drug-likeness (QED) is 0.0629. The van der Waals surface area contributed by atoms with E-state index in [1.54, 1.807) is 0 Å². The van der Waals surface area contributed by atoms with Crippen molar-refractivity contribution in [2.75, 3.05) is 13.3 Å². The lowest BCUT2D eigenvalue weighted by Gasteiger charge is -2.18. The third-order valence-corrected chi connectivity index (χ3v) is 9.64. The molecule has 0 radical (unpaired) electrons. The molecule has 0 fully saturated rings. The fourth-order valence-electron chi connectivity index (χ4n) is 6.60. The molecule has 260 valence electrons. The van der Waals surface area contributed by atoms with Crippen molar-refractivity contribution < 1.29 is 9.13 Å². The van der Waals surface area contributed by atoms with E-state index < -0.39 is 0 Å². The number of unbranched alkanes of at least 4 members (excludes halogenated alkanes) is 31. The van der Waals surface area contributed by atoms with Gasteiger partial charge in [-0.2, -0.15) is 0 Å². The van der Waals surface area contributed by atoms with Crippen molar-refractivity contribution in [3.8, 4) is 0 Å². The van der Waals surface area contributed by atoms with Crippen LogP contribution in [0.25, 0.3) is 0 Å². The Bertz CT molecular complexity index is 437. The van der Waals surface area contributed by atoms with Gasteiger partial charge >= 0.3 is 0 Å². The van der Waals surface area contributed by atoms with E-state index in [0.29, 0.717) is 6.10 Å². The first-order valence-electron chi connectivity index (χ1n) is 20.5. The van der Waals surface area contributed by atoms with Gasteiger partial charge in [0.25, 0.3) is 0 Å². The molecule has 0 rings (SSSR count). The van der Waals surface area contributed by atoms with Crippen LogP contribution in [0.3, 0.4) is 0 Å². The standard InChI is InChI=1S/C41H83FO/c1-3-5-7-9-11-13-15-17-19-21-25-29-33-37-41(43-40-36-32-28-24-23-27-31-35-39-42)38-34-30-26-22-20-18-16-14-12-10-8-6-4-2/h41H,3-40H2,1-2H3. The average molecular weight is 611 g/mol. The van der Waals surface area contributed by atoms with Crippen LogP contribution in [0.4, 0.5) is 4.39 Å². The third kappa shape index (κ3) is 38.0. The highest BCUT2D eigenvalue weighted by molar-refractivity contribution is 4.61. The molecule has 43 heavy (non-hydrogen) atoms. The van der Waals surface area contributed by atoms with Crippen LogP contribution in [0, 0.1) is 0 Å². The number of rotatable bonds is 39. The van der Waals surface area contributed by atoms with Crippen molar-refractivity contribution in [1.82, 2.24) is 0 Å². The van der Waals surface area contributed by atoms with E-state index >= 15 is 0 Å². The Labute approximate surface area is 273 Å². The minimum Gasteiger partial charge on any atom is -0.378 e. The Morgan fingerprint density at radius 3 is 0.884 bits per heavy atom. The molecule has 0 saturated carbocycles. The molecule has 0 aliphatic carbocycles. The van der Waals surface area contributed by atoms with E-state index in [4.69, 9.17) is 4.74 Å². The molecule has 1 nitrogen and oxygen atoms in total. The molecule has 0 saturated heterocycles. The van der Waals surface area contributed by atoms with Crippen LogP contribution in [0.2, 0.25) is 0 Å². The first-order chi connectivity index (χ1) is 21.3. The molecule has 0 aromatic heterocycles. The summed E-state index contributed by atoms with van der Waals surface area (Å²) in [6.45, 7) is 5.43. The summed E-state index contributed by atoms with van der Waals surface area (Å²) in [4.78, 5) is 0. The van der Waals surface area contributed by atoms with Crippen LogP contribution in [0.5, 0.6) is 0 Å². The molecule has 0 aliphatic heterocycles. The minimum atomic E-state index is -0.142. The average Bonchev–Trinajstić information content (AvgIpc) is 3.02. The second-order valence-electron chi connectivity index (χ2n) is 14.1. The van der Waals surface area contributed by atoms with Crippen LogP contribution in [-0.4, -0.2) is 19.4 Å². The number of ether oxygens (including phenoxy) is 1. The van der Waals surface area contributed by atoms with E-state index in [2.05, 4.69) is 13.8 Å². The highest BCUT2D eigenvalue weighted by Crippen LogP contribution is 2.19. The van der Waals surface area contributed by atoms with Gasteiger partial charge in [-0.25, -0.2) is 0 Å². The Morgan fingerprint density at radius 2 is 0.581 bits per heavy atom. The molecule has 0 spiro atoms. The second kappa shape index (κ2) is 39.9. The summed E-state index contributed by atoms with van der Waals surface area (Å²) in [6.07, 6.45) is 49.7. The Hall–Kier alpha value is -0.110. The van der Waals surface area contributed by atoms with Gasteiger partial charge in [0, 0.05) is 6.61 Å². The summed E-state index contributed by atoms with van der Waals surface area (Å²) in [7, 11) is 0. The predicted octanol–water partition coefficient (Wildman–Crippen LogP) is 15.4. The van der Waals surface area contributed by atoms with Crippen molar-refractivity contribution in [2.45, 2.75) is 251 Å². The topological polar surface area (TPSA) is 9.23 Å². The van der Waals surface area contributed by atoms with Gasteiger partial charge in [-0.15, -0.1) is 0 Å². The molecule has 0 N–H and O–H groups in total. The maximum Gasteiger partial charge on any atom is 0.0894 e. The van der Waals surface area contributed by atoms with Gasteiger partial charge in [0.15, 0.2) is 0 Å². The Kier molecular flexibility index (Phi) is 39.8. The highest BCUT2D eigenvalue weighted by atomic mass is 19.1. The first kappa shape index (κ1) is 42.9. The SMILES string of the molecule is CCCCCCCCCCCCCCCC(CCCCCCCCCCCCCCC)OCCCCCCCCCCF. The summed E-state index contributed by atoms with van der Waals surface area (Å²) in [5, 5.41) is 0. The zero-order chi connectivity index (χ0) is 31.2. The lowest BCUT2D eigenvalue weighted by Crippen LogP contribution is -2.14. The molecule has 0 aromatic carbocycles. The fraction of sp³-hybridized carbons (Fsp3) is 1.00. The molecule has 0 amide bonds. The van der Waals surface area contributed by atoms with Crippen molar-refractivity contribution in [1.29, 1.82) is 0 Å². The summed E-state index contributed by atoms with van der Waals surface area (Å²) >= 11 is 0. The molecule has 0 heterocycles. The van der Waals surface area contributed by atoms with Crippen molar-refractivity contribution >= 4 is 0 Å². The molecule has 0 aromatic rings. The largest absolute Gasteiger partial charge is 0.378 e. The lowest BCUT2D eigenvalue weighted by atomic mass is 10.0. The highest BCUT2D eigenvalue weighted by Gasteiger charge is 2.09. The minimum absolute atomic E-state index is 0.142. The van der Waals surface area contributed by atoms with Gasteiger partial charge in [-0.3, -0.25) is 4.39 Å². The summed E-state index contributed by atoms with van der Waals surface area (Å²) < 4.78 is 18.7. The normalized spacial score (nSPS) is 11.7. The van der Waals surface area contributed by atoms with Gasteiger partial charge in [0.05, 0.1) is 12.8 Å². The number of hydrogen-bond donors (Lipinski definition) is 0. The maximum atomic E-state index is 12.2. The predicted molar refractivity (Wildman–Crippen MR) is 193 cm³/mol. The van der Waals surface area contributed by atoms with E-state index in [1.807, 2.05) is 0 Å². The zero-order valence-electron chi connectivity index (χ0n) is 30.2. The van der Waals surface area contributed by atoms with Crippen molar-refractivity contribution in [3.05, 3.63) is 0 Å². The third-order valence-electron chi connectivity index (χ3n) is 9.64. The second-order valence-corrected chi connectivity index (χ2v) is 14.1. The number of alkyl halides is 1. The van der Waals surface area contributed by atoms with E-state index in [0.717, 1.165) is 19.4 Å². The smallest absolute Gasteiger partial charge is 0.0894 e. The number of hydrogen-bond acceptors (Lipinski definition) is 1. The maximum absolute atomic E-state index is 12.2. The molecular formula is C41H83FO. The fourth-order valence-corrected chi connectivity index (χ4v) is 6.60. The molecule has 0 unspecified atom stereocenters. The summed E-state index contributed by atoms with van der Waals surface area (Å²) in [6, 6.07) is 0. The monoisotopic (exact) mass is 611 g/mol. The molecule has 0 aliphatic rings. The summed E-state index contributed by atoms with van der Waals surface area (Å²) in [5.74, 6) is 0. The lowest BCUT2D eigenvalue weighted by molar-refractivity contribution is 0.0357. The van der Waals surface area contributed by atoms with Gasteiger partial charge in [-0.1, -0.05) is 219 Å². The van der Waals surface area contributed by atoms with E-state index in [9.17, 15) is 4.39 Å². The van der Waals surface area contributed by atoms with Crippen LogP contribution >= 0.6 is 0 Å². The Morgan fingerprint density at radius 1 is 0.326 bits per heavy atom. The van der Waals surface area contributed by atoms with Crippen LogP contribution in [-0.2, 0) is 4.74 Å². The molecule has 0 atom stereocenters. The number of halogens is 1. The van der Waals surface area contributed by atoms with E-state index in [1.165, 1.54) is 218 Å². The zero-order valence-corrected chi connectivity index (χ0v) is 30.2. The Balaban J connectivity index is 3.88. The van der Waals surface area contributed by atoms with Gasteiger partial charge in [0.1, 0.15) is 0 Å². The van der Waals surface area contributed by atoms with Crippen LogP contribution in [0.15, 0.2) is 0 Å².